The van der Waals surface area contributed by atoms with E-state index in [4.69, 9.17) is 0 Å². The Morgan fingerprint density at radius 2 is 2.19 bits per heavy atom. The summed E-state index contributed by atoms with van der Waals surface area (Å²) in [4.78, 5) is 28.8. The third-order valence-electron chi connectivity index (χ3n) is 3.63. The number of hydrogen-bond donors (Lipinski definition) is 2. The fraction of sp³-hybridized carbons (Fsp3) is 0.538. The van der Waals surface area contributed by atoms with E-state index in [1.54, 1.807) is 25.1 Å². The normalized spacial score (nSPS) is 18.2. The van der Waals surface area contributed by atoms with Gasteiger partial charge in [0.05, 0.1) is 4.92 Å². The molecule has 21 heavy (non-hydrogen) atoms. The van der Waals surface area contributed by atoms with Crippen LogP contribution >= 0.6 is 0 Å². The molecule has 8 heteroatoms. The van der Waals surface area contributed by atoms with Gasteiger partial charge in [0, 0.05) is 26.7 Å². The predicted octanol–water partition coefficient (Wildman–Crippen LogP) is 1.14. The van der Waals surface area contributed by atoms with E-state index in [0.29, 0.717) is 18.8 Å². The summed E-state index contributed by atoms with van der Waals surface area (Å²) in [5.41, 5.74) is -0.0789. The third kappa shape index (κ3) is 3.04. The van der Waals surface area contributed by atoms with E-state index in [9.17, 15) is 14.9 Å². The number of nitro groups is 1. The number of likely N-dealkylation sites (N-methyl/N-ethyl adjacent to an activating group) is 1. The Morgan fingerprint density at radius 3 is 2.81 bits per heavy atom. The predicted molar refractivity (Wildman–Crippen MR) is 79.5 cm³/mol. The van der Waals surface area contributed by atoms with Crippen molar-refractivity contribution >= 4 is 23.2 Å². The van der Waals surface area contributed by atoms with Crippen molar-refractivity contribution in [2.45, 2.75) is 25.3 Å². The van der Waals surface area contributed by atoms with Crippen molar-refractivity contribution in [3.63, 3.8) is 0 Å². The minimum absolute atomic E-state index is 0.0789. The lowest BCUT2D eigenvalue weighted by atomic mass is 10.0. The summed E-state index contributed by atoms with van der Waals surface area (Å²) in [5, 5.41) is 16.7. The SMILES string of the molecule is CNC(=O)C1CCCCN1c1nc(NC)ccc1[N+](=O)[O-]. The van der Waals surface area contributed by atoms with E-state index < -0.39 is 11.0 Å². The number of anilines is 2. The fourth-order valence-corrected chi connectivity index (χ4v) is 2.56. The quantitative estimate of drug-likeness (QED) is 0.637. The van der Waals surface area contributed by atoms with Crippen molar-refractivity contribution in [3.05, 3.63) is 22.2 Å². The van der Waals surface area contributed by atoms with Crippen LogP contribution in [0.3, 0.4) is 0 Å². The van der Waals surface area contributed by atoms with Gasteiger partial charge < -0.3 is 15.5 Å². The molecule has 2 rings (SSSR count). The zero-order chi connectivity index (χ0) is 15.4. The van der Waals surface area contributed by atoms with Gasteiger partial charge in [-0.3, -0.25) is 14.9 Å². The molecule has 1 fully saturated rings. The van der Waals surface area contributed by atoms with Gasteiger partial charge in [-0.05, 0) is 25.3 Å². The molecule has 8 nitrogen and oxygen atoms in total. The van der Waals surface area contributed by atoms with E-state index in [2.05, 4.69) is 15.6 Å². The Labute approximate surface area is 122 Å². The largest absolute Gasteiger partial charge is 0.373 e. The van der Waals surface area contributed by atoms with Crippen LogP contribution in [-0.2, 0) is 4.79 Å². The van der Waals surface area contributed by atoms with Gasteiger partial charge in [-0.25, -0.2) is 4.98 Å². The molecule has 0 bridgehead atoms. The Balaban J connectivity index is 2.45. The highest BCUT2D eigenvalue weighted by Gasteiger charge is 2.33. The highest BCUT2D eigenvalue weighted by molar-refractivity contribution is 5.85. The van der Waals surface area contributed by atoms with Crippen LogP contribution in [0.4, 0.5) is 17.3 Å². The lowest BCUT2D eigenvalue weighted by molar-refractivity contribution is -0.384. The molecule has 1 atom stereocenters. The van der Waals surface area contributed by atoms with Gasteiger partial charge in [0.15, 0.2) is 0 Å². The second-order valence-corrected chi connectivity index (χ2v) is 4.87. The number of nitrogens with zero attached hydrogens (tertiary/aromatic N) is 3. The number of piperidine rings is 1. The molecule has 1 aromatic rings. The molecular formula is C13H19N5O3. The zero-order valence-electron chi connectivity index (χ0n) is 12.1. The molecule has 1 aliphatic rings. The van der Waals surface area contributed by atoms with Crippen molar-refractivity contribution in [3.8, 4) is 0 Å². The molecule has 1 aliphatic heterocycles. The Morgan fingerprint density at radius 1 is 1.43 bits per heavy atom. The molecule has 0 aliphatic carbocycles. The zero-order valence-corrected chi connectivity index (χ0v) is 12.1. The standard InChI is InChI=1S/C13H19N5O3/c1-14-11-7-6-9(18(20)21)12(16-11)17-8-4-3-5-10(17)13(19)15-2/h6-7,10H,3-5,8H2,1-2H3,(H,14,16)(H,15,19). The Kier molecular flexibility index (Phi) is 4.56. The van der Waals surface area contributed by atoms with Crippen molar-refractivity contribution in [1.29, 1.82) is 0 Å². The first-order chi connectivity index (χ1) is 10.1. The number of carbonyl (C=O) groups excluding carboxylic acids is 1. The number of nitrogens with one attached hydrogen (secondary N) is 2. The van der Waals surface area contributed by atoms with Gasteiger partial charge >= 0.3 is 5.69 Å². The topological polar surface area (TPSA) is 100 Å². The highest BCUT2D eigenvalue weighted by Crippen LogP contribution is 2.32. The average Bonchev–Trinajstić information content (AvgIpc) is 2.53. The number of rotatable bonds is 4. The van der Waals surface area contributed by atoms with Crippen LogP contribution in [0.2, 0.25) is 0 Å². The molecule has 0 saturated carbocycles. The molecular weight excluding hydrogens is 274 g/mol. The van der Waals surface area contributed by atoms with Crippen LogP contribution in [0.25, 0.3) is 0 Å². The maximum Gasteiger partial charge on any atom is 0.311 e. The van der Waals surface area contributed by atoms with Crippen LogP contribution in [0.5, 0.6) is 0 Å². The number of carbonyl (C=O) groups is 1. The molecule has 1 amide bonds. The van der Waals surface area contributed by atoms with Gasteiger partial charge in [-0.2, -0.15) is 0 Å². The van der Waals surface area contributed by atoms with Crippen LogP contribution in [0.15, 0.2) is 12.1 Å². The number of aromatic nitrogens is 1. The van der Waals surface area contributed by atoms with Crippen molar-refractivity contribution in [1.82, 2.24) is 10.3 Å². The van der Waals surface area contributed by atoms with Gasteiger partial charge in [0.25, 0.3) is 0 Å². The van der Waals surface area contributed by atoms with Gasteiger partial charge in [0.2, 0.25) is 11.7 Å². The fourth-order valence-electron chi connectivity index (χ4n) is 2.56. The Hall–Kier alpha value is -2.38. The molecule has 2 N–H and O–H groups in total. The summed E-state index contributed by atoms with van der Waals surface area (Å²) in [6.45, 7) is 0.582. The number of hydrogen-bond acceptors (Lipinski definition) is 6. The van der Waals surface area contributed by atoms with Crippen LogP contribution < -0.4 is 15.5 Å². The Bertz CT molecular complexity index is 549. The summed E-state index contributed by atoms with van der Waals surface area (Å²) in [7, 11) is 3.27. The average molecular weight is 293 g/mol. The molecule has 114 valence electrons. The highest BCUT2D eigenvalue weighted by atomic mass is 16.6. The molecule has 0 radical (unpaired) electrons. The minimum atomic E-state index is -0.461. The van der Waals surface area contributed by atoms with Crippen LogP contribution in [-0.4, -0.2) is 42.5 Å². The van der Waals surface area contributed by atoms with Gasteiger partial charge in [-0.15, -0.1) is 0 Å². The summed E-state index contributed by atoms with van der Waals surface area (Å²) in [5.74, 6) is 0.651. The summed E-state index contributed by atoms with van der Waals surface area (Å²) in [6.07, 6.45) is 2.48. The van der Waals surface area contributed by atoms with E-state index in [-0.39, 0.29) is 17.4 Å². The number of amides is 1. The monoisotopic (exact) mass is 293 g/mol. The van der Waals surface area contributed by atoms with E-state index in [1.807, 2.05) is 0 Å². The number of pyridine rings is 1. The minimum Gasteiger partial charge on any atom is -0.373 e. The maximum absolute atomic E-state index is 12.0. The van der Waals surface area contributed by atoms with Crippen molar-refractivity contribution < 1.29 is 9.72 Å². The molecule has 1 aromatic heterocycles. The van der Waals surface area contributed by atoms with Crippen LogP contribution in [0.1, 0.15) is 19.3 Å². The molecule has 1 unspecified atom stereocenters. The van der Waals surface area contributed by atoms with Crippen LogP contribution in [0, 0.1) is 10.1 Å². The summed E-state index contributed by atoms with van der Waals surface area (Å²) >= 11 is 0. The second kappa shape index (κ2) is 6.38. The lowest BCUT2D eigenvalue weighted by Gasteiger charge is -2.35. The summed E-state index contributed by atoms with van der Waals surface area (Å²) < 4.78 is 0. The smallest absolute Gasteiger partial charge is 0.311 e. The van der Waals surface area contributed by atoms with Gasteiger partial charge in [-0.1, -0.05) is 0 Å². The maximum atomic E-state index is 12.0. The molecule has 0 aromatic carbocycles. The first kappa shape index (κ1) is 15.0. The first-order valence-electron chi connectivity index (χ1n) is 6.90. The summed E-state index contributed by atoms with van der Waals surface area (Å²) in [6, 6.07) is 2.56. The molecule has 1 saturated heterocycles. The second-order valence-electron chi connectivity index (χ2n) is 4.87. The van der Waals surface area contributed by atoms with Crippen molar-refractivity contribution in [2.75, 3.05) is 30.9 Å². The lowest BCUT2D eigenvalue weighted by Crippen LogP contribution is -2.49. The first-order valence-corrected chi connectivity index (χ1v) is 6.90. The molecule has 0 spiro atoms. The van der Waals surface area contributed by atoms with Crippen molar-refractivity contribution in [2.24, 2.45) is 0 Å². The third-order valence-corrected chi connectivity index (χ3v) is 3.63. The van der Waals surface area contributed by atoms with E-state index >= 15 is 0 Å². The molecule has 2 heterocycles. The van der Waals surface area contributed by atoms with E-state index in [1.165, 1.54) is 6.07 Å². The van der Waals surface area contributed by atoms with E-state index in [0.717, 1.165) is 12.8 Å². The van der Waals surface area contributed by atoms with Gasteiger partial charge in [0.1, 0.15) is 11.9 Å².